The van der Waals surface area contributed by atoms with Crippen molar-refractivity contribution in [3.8, 4) is 0 Å². The van der Waals surface area contributed by atoms with Crippen molar-refractivity contribution >= 4 is 52.0 Å². The predicted molar refractivity (Wildman–Crippen MR) is 146 cm³/mol. The Labute approximate surface area is 220 Å². The number of nitro benzene ring substituents is 1. The number of nitrogens with one attached hydrogen (secondary N) is 2. The first kappa shape index (κ1) is 26.3. The van der Waals surface area contributed by atoms with Gasteiger partial charge in [-0.15, -0.1) is 0 Å². The fraction of sp³-hybridized carbons (Fsp3) is 0.400. The molecule has 2 aromatic rings. The first-order chi connectivity index (χ1) is 17.8. The standard InChI is InChI=1S/C25H30N6O5S/c1-28-11-13-30(14-12-28)20-7-6-18(24(33)36-2)15-19(20)26-25(37)27-23(32)17-5-8-21(22(16-17)31(34)35)29-9-3-4-10-29/h5-8,15-16H,3-4,9-14H2,1-2H3,(H2,26,27,32,37). The molecule has 2 N–H and O–H groups in total. The number of ether oxygens (including phenoxy) is 1. The number of piperazine rings is 1. The lowest BCUT2D eigenvalue weighted by Crippen LogP contribution is -2.45. The maximum absolute atomic E-state index is 12.9. The van der Waals surface area contributed by atoms with Gasteiger partial charge in [0.25, 0.3) is 11.6 Å². The Morgan fingerprint density at radius 2 is 1.57 bits per heavy atom. The molecule has 4 rings (SSSR count). The van der Waals surface area contributed by atoms with Crippen LogP contribution in [0.25, 0.3) is 0 Å². The van der Waals surface area contributed by atoms with Crippen LogP contribution in [0.5, 0.6) is 0 Å². The number of thiocarbonyl (C=S) groups is 1. The summed E-state index contributed by atoms with van der Waals surface area (Å²) in [5.74, 6) is -1.06. The second kappa shape index (κ2) is 11.5. The molecule has 2 aliphatic rings. The number of carbonyl (C=O) groups excluding carboxylic acids is 2. The van der Waals surface area contributed by atoms with E-state index in [1.807, 2.05) is 11.0 Å². The van der Waals surface area contributed by atoms with Crippen molar-refractivity contribution in [2.75, 3.05) is 68.5 Å². The average Bonchev–Trinajstić information content (AvgIpc) is 3.43. The van der Waals surface area contributed by atoms with Crippen LogP contribution in [-0.2, 0) is 4.74 Å². The minimum atomic E-state index is -0.571. The maximum Gasteiger partial charge on any atom is 0.337 e. The van der Waals surface area contributed by atoms with Gasteiger partial charge in [-0.2, -0.15) is 0 Å². The SMILES string of the molecule is COC(=O)c1ccc(N2CCN(C)CC2)c(NC(=S)NC(=O)c2ccc(N3CCCC3)c([N+](=O)[O-])c2)c1. The number of rotatable bonds is 6. The molecule has 0 unspecified atom stereocenters. The molecule has 0 atom stereocenters. The van der Waals surface area contributed by atoms with Crippen molar-refractivity contribution in [2.24, 2.45) is 0 Å². The normalized spacial score (nSPS) is 15.8. The number of nitrogens with zero attached hydrogens (tertiary/aromatic N) is 4. The highest BCUT2D eigenvalue weighted by atomic mass is 32.1. The van der Waals surface area contributed by atoms with Gasteiger partial charge in [0.05, 0.1) is 29.0 Å². The molecule has 2 saturated heterocycles. The third kappa shape index (κ3) is 6.15. The third-order valence-corrected chi connectivity index (χ3v) is 6.82. The van der Waals surface area contributed by atoms with Crippen molar-refractivity contribution in [1.82, 2.24) is 10.2 Å². The van der Waals surface area contributed by atoms with Crippen LogP contribution in [0, 0.1) is 10.1 Å². The van der Waals surface area contributed by atoms with Gasteiger partial charge in [-0.1, -0.05) is 0 Å². The largest absolute Gasteiger partial charge is 0.465 e. The van der Waals surface area contributed by atoms with Crippen molar-refractivity contribution in [1.29, 1.82) is 0 Å². The first-order valence-electron chi connectivity index (χ1n) is 12.1. The van der Waals surface area contributed by atoms with E-state index in [0.717, 1.165) is 57.8 Å². The molecule has 2 heterocycles. The molecule has 0 aliphatic carbocycles. The number of likely N-dealkylation sites (N-methyl/N-ethyl adjacent to an activating group) is 1. The summed E-state index contributed by atoms with van der Waals surface area (Å²) in [4.78, 5) is 42.6. The van der Waals surface area contributed by atoms with E-state index >= 15 is 0 Å². The zero-order valence-corrected chi connectivity index (χ0v) is 21.7. The first-order valence-corrected chi connectivity index (χ1v) is 12.5. The number of hydrogen-bond acceptors (Lipinski definition) is 9. The van der Waals surface area contributed by atoms with E-state index in [1.165, 1.54) is 13.2 Å². The Kier molecular flexibility index (Phi) is 8.19. The predicted octanol–water partition coefficient (Wildman–Crippen LogP) is 2.86. The van der Waals surface area contributed by atoms with E-state index in [0.29, 0.717) is 16.9 Å². The molecular formula is C25H30N6O5S. The molecule has 11 nitrogen and oxygen atoms in total. The number of anilines is 3. The van der Waals surface area contributed by atoms with Crippen LogP contribution in [-0.4, -0.2) is 80.2 Å². The van der Waals surface area contributed by atoms with E-state index in [2.05, 4.69) is 27.5 Å². The molecule has 0 radical (unpaired) electrons. The lowest BCUT2D eigenvalue weighted by molar-refractivity contribution is -0.384. The van der Waals surface area contributed by atoms with Crippen LogP contribution in [0.15, 0.2) is 36.4 Å². The molecule has 2 fully saturated rings. The van der Waals surface area contributed by atoms with Crippen LogP contribution in [0.4, 0.5) is 22.7 Å². The fourth-order valence-corrected chi connectivity index (χ4v) is 4.77. The summed E-state index contributed by atoms with van der Waals surface area (Å²) in [6, 6.07) is 9.59. The Morgan fingerprint density at radius 3 is 2.22 bits per heavy atom. The zero-order chi connectivity index (χ0) is 26.5. The number of amides is 1. The fourth-order valence-electron chi connectivity index (χ4n) is 4.57. The Morgan fingerprint density at radius 1 is 0.946 bits per heavy atom. The van der Waals surface area contributed by atoms with Gasteiger partial charge >= 0.3 is 5.97 Å². The van der Waals surface area contributed by atoms with Crippen molar-refractivity contribution in [3.05, 3.63) is 57.6 Å². The molecule has 0 bridgehead atoms. The van der Waals surface area contributed by atoms with E-state index in [9.17, 15) is 19.7 Å². The van der Waals surface area contributed by atoms with E-state index in [1.54, 1.807) is 24.3 Å². The molecule has 196 valence electrons. The lowest BCUT2D eigenvalue weighted by Gasteiger charge is -2.35. The summed E-state index contributed by atoms with van der Waals surface area (Å²) in [6.07, 6.45) is 1.96. The molecule has 0 aromatic heterocycles. The van der Waals surface area contributed by atoms with Crippen LogP contribution < -0.4 is 20.4 Å². The maximum atomic E-state index is 12.9. The molecule has 0 spiro atoms. The van der Waals surface area contributed by atoms with Gasteiger partial charge in [0.1, 0.15) is 5.69 Å². The molecular weight excluding hydrogens is 496 g/mol. The van der Waals surface area contributed by atoms with Crippen LogP contribution >= 0.6 is 12.2 Å². The van der Waals surface area contributed by atoms with Gasteiger partial charge in [0.2, 0.25) is 0 Å². The van der Waals surface area contributed by atoms with E-state index < -0.39 is 16.8 Å². The summed E-state index contributed by atoms with van der Waals surface area (Å²) in [5, 5.41) is 17.3. The summed E-state index contributed by atoms with van der Waals surface area (Å²) < 4.78 is 4.85. The molecule has 1 amide bonds. The molecule has 37 heavy (non-hydrogen) atoms. The summed E-state index contributed by atoms with van der Waals surface area (Å²) in [7, 11) is 3.37. The topological polar surface area (TPSA) is 120 Å². The number of esters is 1. The molecule has 12 heteroatoms. The molecule has 0 saturated carbocycles. The highest BCUT2D eigenvalue weighted by molar-refractivity contribution is 7.80. The molecule has 2 aliphatic heterocycles. The lowest BCUT2D eigenvalue weighted by atomic mass is 10.1. The Bertz CT molecular complexity index is 1210. The smallest absolute Gasteiger partial charge is 0.337 e. The van der Waals surface area contributed by atoms with Gasteiger partial charge in [-0.3, -0.25) is 20.2 Å². The van der Waals surface area contributed by atoms with Crippen LogP contribution in [0.3, 0.4) is 0 Å². The van der Waals surface area contributed by atoms with Gasteiger partial charge in [-0.05, 0) is 62.4 Å². The summed E-state index contributed by atoms with van der Waals surface area (Å²) in [5.41, 5.74) is 2.25. The summed E-state index contributed by atoms with van der Waals surface area (Å²) >= 11 is 5.40. The number of benzene rings is 2. The number of nitro groups is 1. The second-order valence-electron chi connectivity index (χ2n) is 9.08. The van der Waals surface area contributed by atoms with Crippen molar-refractivity contribution < 1.29 is 19.2 Å². The number of carbonyl (C=O) groups is 2. The van der Waals surface area contributed by atoms with Gasteiger partial charge < -0.3 is 24.8 Å². The van der Waals surface area contributed by atoms with Crippen LogP contribution in [0.2, 0.25) is 0 Å². The van der Waals surface area contributed by atoms with Gasteiger partial charge in [0, 0.05) is 50.9 Å². The average molecular weight is 527 g/mol. The van der Waals surface area contributed by atoms with Gasteiger partial charge in [0.15, 0.2) is 5.11 Å². The molecule has 2 aromatic carbocycles. The monoisotopic (exact) mass is 526 g/mol. The minimum absolute atomic E-state index is 0.00802. The van der Waals surface area contributed by atoms with E-state index in [4.69, 9.17) is 17.0 Å². The summed E-state index contributed by atoms with van der Waals surface area (Å²) in [6.45, 7) is 4.84. The highest BCUT2D eigenvalue weighted by Gasteiger charge is 2.25. The number of methoxy groups -OCH3 is 1. The van der Waals surface area contributed by atoms with Gasteiger partial charge in [-0.25, -0.2) is 4.79 Å². The Balaban J connectivity index is 1.52. The van der Waals surface area contributed by atoms with Crippen molar-refractivity contribution in [3.63, 3.8) is 0 Å². The quantitative estimate of drug-likeness (QED) is 0.252. The minimum Gasteiger partial charge on any atom is -0.465 e. The number of hydrogen-bond donors (Lipinski definition) is 2. The highest BCUT2D eigenvalue weighted by Crippen LogP contribution is 2.32. The Hall–Kier alpha value is -3.77. The zero-order valence-electron chi connectivity index (χ0n) is 20.9. The van der Waals surface area contributed by atoms with Crippen LogP contribution in [0.1, 0.15) is 33.6 Å². The second-order valence-corrected chi connectivity index (χ2v) is 9.49. The van der Waals surface area contributed by atoms with E-state index in [-0.39, 0.29) is 16.4 Å². The van der Waals surface area contributed by atoms with Crippen molar-refractivity contribution in [2.45, 2.75) is 12.8 Å². The third-order valence-electron chi connectivity index (χ3n) is 6.62.